The fraction of sp³-hybridized carbons (Fsp3) is 0.500. The van der Waals surface area contributed by atoms with Gasteiger partial charge in [-0.15, -0.1) is 0 Å². The van der Waals surface area contributed by atoms with Crippen LogP contribution in [-0.4, -0.2) is 56.6 Å². The normalized spacial score (nSPS) is 22.8. The van der Waals surface area contributed by atoms with Crippen LogP contribution in [0.2, 0.25) is 5.02 Å². The molecule has 0 aromatic carbocycles. The Morgan fingerprint density at radius 2 is 2.12 bits per heavy atom. The van der Waals surface area contributed by atoms with E-state index in [4.69, 9.17) is 32.8 Å². The number of halogens is 1. The summed E-state index contributed by atoms with van der Waals surface area (Å²) in [6.45, 7) is 4.25. The topological polar surface area (TPSA) is 141 Å². The van der Waals surface area contributed by atoms with E-state index in [9.17, 15) is 4.79 Å². The molecule has 0 radical (unpaired) electrons. The lowest BCUT2D eigenvalue weighted by atomic mass is 9.73. The third-order valence-electron chi connectivity index (χ3n) is 6.72. The van der Waals surface area contributed by atoms with Crippen LogP contribution in [0.4, 0.5) is 11.8 Å². The number of rotatable bonds is 3. The van der Waals surface area contributed by atoms with Crippen LogP contribution in [0, 0.1) is 5.41 Å². The second-order valence-corrected chi connectivity index (χ2v) is 9.94. The highest BCUT2D eigenvalue weighted by Crippen LogP contribution is 2.42. The SMILES string of the molecule is C[C@@H]1OCC2(CCN(c3nc4[nH]nc(Sc5ccnc(N)c5Cl)c4c(=O)n3C)CC2)[C@@H]1N. The van der Waals surface area contributed by atoms with Gasteiger partial charge in [0.15, 0.2) is 5.65 Å². The van der Waals surface area contributed by atoms with E-state index in [2.05, 4.69) is 20.1 Å². The van der Waals surface area contributed by atoms with Crippen molar-refractivity contribution in [2.45, 2.75) is 41.8 Å². The molecule has 5 rings (SSSR count). The van der Waals surface area contributed by atoms with Crippen molar-refractivity contribution < 1.29 is 4.74 Å². The van der Waals surface area contributed by atoms with Crippen LogP contribution in [0.5, 0.6) is 0 Å². The smallest absolute Gasteiger partial charge is 0.266 e. The minimum Gasteiger partial charge on any atom is -0.382 e. The highest BCUT2D eigenvalue weighted by Gasteiger charge is 2.47. The van der Waals surface area contributed by atoms with E-state index < -0.39 is 0 Å². The molecule has 5 heterocycles. The Balaban J connectivity index is 1.44. The molecule has 2 saturated heterocycles. The summed E-state index contributed by atoms with van der Waals surface area (Å²) in [4.78, 5) is 24.8. The Morgan fingerprint density at radius 3 is 2.81 bits per heavy atom. The molecule has 32 heavy (non-hydrogen) atoms. The van der Waals surface area contributed by atoms with Gasteiger partial charge in [0, 0.05) is 42.7 Å². The molecular formula is C20H25ClN8O2S. The number of pyridine rings is 1. The van der Waals surface area contributed by atoms with E-state index in [0.29, 0.717) is 38.5 Å². The number of fused-ring (bicyclic) bond motifs is 1. The molecule has 0 saturated carbocycles. The van der Waals surface area contributed by atoms with Gasteiger partial charge in [-0.1, -0.05) is 23.4 Å². The number of aromatic nitrogens is 5. The molecule has 170 valence electrons. The highest BCUT2D eigenvalue weighted by molar-refractivity contribution is 7.99. The quantitative estimate of drug-likeness (QED) is 0.515. The molecular weight excluding hydrogens is 452 g/mol. The first kappa shape index (κ1) is 21.5. The fourth-order valence-electron chi connectivity index (χ4n) is 4.63. The van der Waals surface area contributed by atoms with Gasteiger partial charge in [0.05, 0.1) is 17.7 Å². The third-order valence-corrected chi connectivity index (χ3v) is 8.28. The molecule has 5 N–H and O–H groups in total. The van der Waals surface area contributed by atoms with Gasteiger partial charge in [-0.25, -0.2) is 4.98 Å². The summed E-state index contributed by atoms with van der Waals surface area (Å²) in [6.07, 6.45) is 3.44. The van der Waals surface area contributed by atoms with E-state index in [0.717, 1.165) is 25.9 Å². The number of ether oxygens (including phenoxy) is 1. The van der Waals surface area contributed by atoms with Crippen LogP contribution in [-0.2, 0) is 11.8 Å². The van der Waals surface area contributed by atoms with Crippen molar-refractivity contribution in [2.24, 2.45) is 18.2 Å². The lowest BCUT2D eigenvalue weighted by molar-refractivity contribution is 0.0973. The Bertz CT molecular complexity index is 1240. The number of nitrogens with two attached hydrogens (primary N) is 2. The maximum absolute atomic E-state index is 13.3. The average molecular weight is 477 g/mol. The molecule has 10 nitrogen and oxygen atoms in total. The van der Waals surface area contributed by atoms with Crippen molar-refractivity contribution in [2.75, 3.05) is 30.3 Å². The monoisotopic (exact) mass is 476 g/mol. The van der Waals surface area contributed by atoms with Crippen molar-refractivity contribution in [1.29, 1.82) is 0 Å². The van der Waals surface area contributed by atoms with Crippen LogP contribution in [0.25, 0.3) is 11.0 Å². The third kappa shape index (κ3) is 3.35. The summed E-state index contributed by atoms with van der Waals surface area (Å²) in [6, 6.07) is 1.77. The zero-order chi connectivity index (χ0) is 22.6. The maximum Gasteiger partial charge on any atom is 0.266 e. The van der Waals surface area contributed by atoms with Crippen molar-refractivity contribution >= 4 is 46.2 Å². The molecule has 12 heteroatoms. The van der Waals surface area contributed by atoms with Gasteiger partial charge < -0.3 is 21.1 Å². The summed E-state index contributed by atoms with van der Waals surface area (Å²) in [5.74, 6) is 0.846. The Morgan fingerprint density at radius 1 is 1.38 bits per heavy atom. The zero-order valence-electron chi connectivity index (χ0n) is 17.8. The number of nitrogens with one attached hydrogen (secondary N) is 1. The molecule has 2 fully saturated rings. The van der Waals surface area contributed by atoms with E-state index >= 15 is 0 Å². The van der Waals surface area contributed by atoms with Gasteiger partial charge in [-0.05, 0) is 25.8 Å². The predicted molar refractivity (Wildman–Crippen MR) is 124 cm³/mol. The van der Waals surface area contributed by atoms with Crippen LogP contribution in [0.15, 0.2) is 27.0 Å². The Hall–Kier alpha value is -2.34. The van der Waals surface area contributed by atoms with E-state index in [1.165, 1.54) is 11.8 Å². The van der Waals surface area contributed by atoms with Gasteiger partial charge in [-0.2, -0.15) is 10.1 Å². The number of H-pyrrole nitrogens is 1. The maximum atomic E-state index is 13.3. The number of nitrogens with zero attached hydrogens (tertiary/aromatic N) is 5. The van der Waals surface area contributed by atoms with E-state index in [1.54, 1.807) is 23.9 Å². The van der Waals surface area contributed by atoms with Crippen LogP contribution in [0.1, 0.15) is 19.8 Å². The molecule has 3 aromatic heterocycles. The predicted octanol–water partition coefficient (Wildman–Crippen LogP) is 1.77. The summed E-state index contributed by atoms with van der Waals surface area (Å²) in [7, 11) is 1.74. The van der Waals surface area contributed by atoms with Gasteiger partial charge >= 0.3 is 0 Å². The molecule has 2 aliphatic heterocycles. The number of hydrogen-bond donors (Lipinski definition) is 3. The lowest BCUT2D eigenvalue weighted by Gasteiger charge is -2.41. The molecule has 0 unspecified atom stereocenters. The Labute approximate surface area is 193 Å². The van der Waals surface area contributed by atoms with E-state index in [-0.39, 0.29) is 28.9 Å². The van der Waals surface area contributed by atoms with Crippen LogP contribution < -0.4 is 21.9 Å². The first-order valence-electron chi connectivity index (χ1n) is 10.5. The van der Waals surface area contributed by atoms with Crippen molar-refractivity contribution in [1.82, 2.24) is 24.7 Å². The zero-order valence-corrected chi connectivity index (χ0v) is 19.4. The molecule has 1 spiro atoms. The standard InChI is InChI=1S/C20H25ClN8O2S/c1-10-14(22)20(9-31-10)4-7-29(8-5-20)19-25-16-12(18(30)28(19)2)17(27-26-16)32-11-3-6-24-15(23)13(11)21/h3,6,10,14H,4-5,7-9,22H2,1-2H3,(H2,23,24)(H,26,27)/t10-,14+/m0/s1. The number of anilines is 2. The molecule has 0 bridgehead atoms. The summed E-state index contributed by atoms with van der Waals surface area (Å²) >= 11 is 7.51. The van der Waals surface area contributed by atoms with Gasteiger partial charge in [0.1, 0.15) is 16.2 Å². The number of hydrogen-bond acceptors (Lipinski definition) is 9. The van der Waals surface area contributed by atoms with Gasteiger partial charge in [0.25, 0.3) is 5.56 Å². The number of aromatic amines is 1. The van der Waals surface area contributed by atoms with Crippen molar-refractivity contribution in [3.05, 3.63) is 27.6 Å². The lowest BCUT2D eigenvalue weighted by Crippen LogP contribution is -2.51. The Kier molecular flexibility index (Phi) is 5.31. The highest BCUT2D eigenvalue weighted by atomic mass is 35.5. The fourth-order valence-corrected chi connectivity index (χ4v) is 5.77. The van der Waals surface area contributed by atoms with Crippen LogP contribution >= 0.6 is 23.4 Å². The summed E-state index contributed by atoms with van der Waals surface area (Å²) in [5.41, 5.74) is 12.5. The second kappa shape index (κ2) is 7.91. The first-order chi connectivity index (χ1) is 15.3. The molecule has 2 atom stereocenters. The number of nitrogen functional groups attached to an aromatic ring is 1. The van der Waals surface area contributed by atoms with Gasteiger partial charge in [-0.3, -0.25) is 14.5 Å². The summed E-state index contributed by atoms with van der Waals surface area (Å²) in [5, 5.41) is 8.46. The second-order valence-electron chi connectivity index (χ2n) is 8.53. The van der Waals surface area contributed by atoms with E-state index in [1.807, 2.05) is 6.92 Å². The molecule has 0 amide bonds. The van der Waals surface area contributed by atoms with Crippen molar-refractivity contribution in [3.63, 3.8) is 0 Å². The van der Waals surface area contributed by atoms with Crippen LogP contribution in [0.3, 0.4) is 0 Å². The molecule has 2 aliphatic rings. The minimum atomic E-state index is -0.172. The largest absolute Gasteiger partial charge is 0.382 e. The molecule has 3 aromatic rings. The first-order valence-corrected chi connectivity index (χ1v) is 11.7. The molecule has 0 aliphatic carbocycles. The number of piperidine rings is 1. The minimum absolute atomic E-state index is 0.00232. The van der Waals surface area contributed by atoms with Gasteiger partial charge in [0.2, 0.25) is 5.95 Å². The van der Waals surface area contributed by atoms with Crippen molar-refractivity contribution in [3.8, 4) is 0 Å². The average Bonchev–Trinajstić information content (AvgIpc) is 3.31. The summed E-state index contributed by atoms with van der Waals surface area (Å²) < 4.78 is 7.40.